The Morgan fingerprint density at radius 2 is 2.13 bits per heavy atom. The molecule has 1 aliphatic heterocycles. The monoisotopic (exact) mass is 334 g/mol. The van der Waals surface area contributed by atoms with Gasteiger partial charge in [-0.1, -0.05) is 20.8 Å². The number of hydrogen-bond acceptors (Lipinski definition) is 4. The number of hydrogen-bond donors (Lipinski definition) is 0. The van der Waals surface area contributed by atoms with Crippen LogP contribution in [0.25, 0.3) is 0 Å². The Bertz CT molecular complexity index is 704. The van der Waals surface area contributed by atoms with Gasteiger partial charge in [-0.05, 0) is 23.6 Å². The van der Waals surface area contributed by atoms with Crippen LogP contribution in [0.2, 0.25) is 0 Å². The van der Waals surface area contributed by atoms with Crippen LogP contribution in [0.5, 0.6) is 5.75 Å². The average molecular weight is 334 g/mol. The molecule has 0 aliphatic carbocycles. The van der Waals surface area contributed by atoms with Gasteiger partial charge >= 0.3 is 0 Å². The molecule has 0 bridgehead atoms. The van der Waals surface area contributed by atoms with Gasteiger partial charge in [-0.25, -0.2) is 9.37 Å². The Kier molecular flexibility index (Phi) is 4.10. The number of halogens is 1. The first-order chi connectivity index (χ1) is 10.8. The van der Waals surface area contributed by atoms with E-state index in [4.69, 9.17) is 4.74 Å². The molecule has 6 heteroatoms. The summed E-state index contributed by atoms with van der Waals surface area (Å²) in [5.74, 6) is 0.358. The Morgan fingerprint density at radius 1 is 1.39 bits per heavy atom. The average Bonchev–Trinajstić information content (AvgIpc) is 2.96. The topological polar surface area (TPSA) is 42.4 Å². The van der Waals surface area contributed by atoms with E-state index in [0.717, 1.165) is 5.56 Å². The van der Waals surface area contributed by atoms with E-state index in [2.05, 4.69) is 4.98 Å². The van der Waals surface area contributed by atoms with E-state index in [1.54, 1.807) is 22.5 Å². The summed E-state index contributed by atoms with van der Waals surface area (Å²) in [6, 6.07) is 4.59. The second kappa shape index (κ2) is 5.92. The van der Waals surface area contributed by atoms with Gasteiger partial charge in [0, 0.05) is 17.1 Å². The summed E-state index contributed by atoms with van der Waals surface area (Å²) >= 11 is 1.34. The number of aromatic nitrogens is 1. The molecule has 0 saturated carbocycles. The molecule has 1 aromatic heterocycles. The molecule has 3 rings (SSSR count). The molecule has 1 aromatic carbocycles. The van der Waals surface area contributed by atoms with Crippen molar-refractivity contribution in [2.24, 2.45) is 0 Å². The lowest BCUT2D eigenvalue weighted by molar-refractivity contribution is 0.0170. The SMILES string of the molecule is CC(C)(C)c1cc(F)ccc1OC1CN(C(=O)c2nccs2)C1. The highest BCUT2D eigenvalue weighted by molar-refractivity contribution is 7.11. The maximum Gasteiger partial charge on any atom is 0.283 e. The fourth-order valence-electron chi connectivity index (χ4n) is 2.51. The quantitative estimate of drug-likeness (QED) is 0.863. The van der Waals surface area contributed by atoms with Crippen molar-refractivity contribution in [3.8, 4) is 5.75 Å². The number of amides is 1. The number of likely N-dealkylation sites (tertiary alicyclic amines) is 1. The number of carbonyl (C=O) groups excluding carboxylic acids is 1. The maximum absolute atomic E-state index is 13.5. The molecule has 0 N–H and O–H groups in total. The summed E-state index contributed by atoms with van der Waals surface area (Å²) in [5, 5.41) is 2.29. The normalized spacial score (nSPS) is 15.4. The highest BCUT2D eigenvalue weighted by atomic mass is 32.1. The van der Waals surface area contributed by atoms with Crippen molar-refractivity contribution in [1.29, 1.82) is 0 Å². The molecular formula is C17H19FN2O2S. The molecule has 0 atom stereocenters. The van der Waals surface area contributed by atoms with Crippen LogP contribution in [-0.4, -0.2) is 35.0 Å². The van der Waals surface area contributed by atoms with Crippen LogP contribution in [-0.2, 0) is 5.41 Å². The Labute approximate surface area is 138 Å². The van der Waals surface area contributed by atoms with Gasteiger partial charge in [-0.3, -0.25) is 4.79 Å². The highest BCUT2D eigenvalue weighted by Gasteiger charge is 2.34. The van der Waals surface area contributed by atoms with Gasteiger partial charge in [0.1, 0.15) is 17.7 Å². The van der Waals surface area contributed by atoms with Gasteiger partial charge < -0.3 is 9.64 Å². The first-order valence-corrected chi connectivity index (χ1v) is 8.38. The van der Waals surface area contributed by atoms with Gasteiger partial charge in [0.05, 0.1) is 13.1 Å². The van der Waals surface area contributed by atoms with Crippen molar-refractivity contribution in [2.75, 3.05) is 13.1 Å². The van der Waals surface area contributed by atoms with Crippen molar-refractivity contribution in [2.45, 2.75) is 32.3 Å². The third kappa shape index (κ3) is 3.37. The molecule has 1 saturated heterocycles. The molecule has 23 heavy (non-hydrogen) atoms. The van der Waals surface area contributed by atoms with Crippen LogP contribution in [0.1, 0.15) is 36.1 Å². The zero-order chi connectivity index (χ0) is 16.6. The fraction of sp³-hybridized carbons (Fsp3) is 0.412. The van der Waals surface area contributed by atoms with Crippen molar-refractivity contribution >= 4 is 17.2 Å². The third-order valence-corrected chi connectivity index (χ3v) is 4.55. The molecule has 1 fully saturated rings. The second-order valence-corrected chi connectivity index (χ2v) is 7.57. The van der Waals surface area contributed by atoms with Gasteiger partial charge in [0.15, 0.2) is 5.01 Å². The van der Waals surface area contributed by atoms with Crippen LogP contribution in [0.15, 0.2) is 29.8 Å². The molecule has 4 nitrogen and oxygen atoms in total. The lowest BCUT2D eigenvalue weighted by Gasteiger charge is -2.39. The van der Waals surface area contributed by atoms with E-state index in [1.807, 2.05) is 20.8 Å². The van der Waals surface area contributed by atoms with Crippen molar-refractivity contribution < 1.29 is 13.9 Å². The predicted molar refractivity (Wildman–Crippen MR) is 87.5 cm³/mol. The Balaban J connectivity index is 1.65. The highest BCUT2D eigenvalue weighted by Crippen LogP contribution is 2.33. The Morgan fingerprint density at radius 3 is 2.74 bits per heavy atom. The lowest BCUT2D eigenvalue weighted by Crippen LogP contribution is -2.56. The molecular weight excluding hydrogens is 315 g/mol. The molecule has 1 amide bonds. The van der Waals surface area contributed by atoms with E-state index < -0.39 is 0 Å². The van der Waals surface area contributed by atoms with E-state index in [9.17, 15) is 9.18 Å². The van der Waals surface area contributed by atoms with Crippen molar-refractivity contribution in [1.82, 2.24) is 9.88 Å². The number of benzene rings is 1. The van der Waals surface area contributed by atoms with E-state index >= 15 is 0 Å². The first-order valence-electron chi connectivity index (χ1n) is 7.50. The molecule has 2 aromatic rings. The van der Waals surface area contributed by atoms with Crippen LogP contribution >= 0.6 is 11.3 Å². The predicted octanol–water partition coefficient (Wildman–Crippen LogP) is 3.48. The van der Waals surface area contributed by atoms with E-state index in [0.29, 0.717) is 23.8 Å². The van der Waals surface area contributed by atoms with Gasteiger partial charge in [0.2, 0.25) is 0 Å². The zero-order valence-corrected chi connectivity index (χ0v) is 14.2. The van der Waals surface area contributed by atoms with Crippen LogP contribution < -0.4 is 4.74 Å². The number of nitrogens with zero attached hydrogens (tertiary/aromatic N) is 2. The number of ether oxygens (including phenoxy) is 1. The van der Waals surface area contributed by atoms with Crippen molar-refractivity contribution in [3.63, 3.8) is 0 Å². The summed E-state index contributed by atoms with van der Waals surface area (Å²) in [5.41, 5.74) is 0.625. The summed E-state index contributed by atoms with van der Waals surface area (Å²) in [4.78, 5) is 17.9. The number of rotatable bonds is 3. The summed E-state index contributed by atoms with van der Waals surface area (Å²) in [6.07, 6.45) is 1.56. The summed E-state index contributed by atoms with van der Waals surface area (Å²) in [7, 11) is 0. The summed E-state index contributed by atoms with van der Waals surface area (Å²) in [6.45, 7) is 7.12. The minimum atomic E-state index is -0.267. The first kappa shape index (κ1) is 15.9. The van der Waals surface area contributed by atoms with Gasteiger partial charge in [-0.15, -0.1) is 11.3 Å². The fourth-order valence-corrected chi connectivity index (χ4v) is 3.12. The van der Waals surface area contributed by atoms with Crippen LogP contribution in [0.4, 0.5) is 4.39 Å². The lowest BCUT2D eigenvalue weighted by atomic mass is 9.86. The largest absolute Gasteiger partial charge is 0.486 e. The minimum Gasteiger partial charge on any atom is -0.486 e. The van der Waals surface area contributed by atoms with Crippen molar-refractivity contribution in [3.05, 3.63) is 46.2 Å². The second-order valence-electron chi connectivity index (χ2n) is 6.68. The minimum absolute atomic E-state index is 0.0602. The van der Waals surface area contributed by atoms with E-state index in [-0.39, 0.29) is 23.2 Å². The van der Waals surface area contributed by atoms with Gasteiger partial charge in [0.25, 0.3) is 5.91 Å². The van der Waals surface area contributed by atoms with Gasteiger partial charge in [-0.2, -0.15) is 0 Å². The molecule has 0 unspecified atom stereocenters. The summed E-state index contributed by atoms with van der Waals surface area (Å²) < 4.78 is 19.5. The molecule has 2 heterocycles. The zero-order valence-electron chi connectivity index (χ0n) is 13.4. The molecule has 122 valence electrons. The standard InChI is InChI=1S/C17H19FN2O2S/c1-17(2,3)13-8-11(18)4-5-14(13)22-12-9-20(10-12)16(21)15-19-6-7-23-15/h4-8,12H,9-10H2,1-3H3. The molecule has 0 spiro atoms. The van der Waals surface area contributed by atoms with E-state index in [1.165, 1.54) is 23.5 Å². The number of carbonyl (C=O) groups is 1. The van der Waals surface area contributed by atoms with Crippen LogP contribution in [0.3, 0.4) is 0 Å². The smallest absolute Gasteiger partial charge is 0.283 e. The Hall–Kier alpha value is -1.95. The van der Waals surface area contributed by atoms with Crippen LogP contribution in [0, 0.1) is 5.82 Å². The molecule has 1 aliphatic rings. The maximum atomic E-state index is 13.5. The third-order valence-electron chi connectivity index (χ3n) is 3.79. The number of thiazole rings is 1. The molecule has 0 radical (unpaired) electrons.